The standard InChI is InChI=1S/C25H31N.C24H23N.C22H23N.3C2H6.C2H2/c1-25(2,3)23-14-10-9-13-22(23)19-15-17-21(18-16-19)24(26(4)5)20-11-7-6-8-12-20;1-19-11-13-20(14-12-19)22-16-15-21-8-4-3-7-17-25(24(21)18-22)23-9-5-2-6-10-23;1-16-7-4-5-10-21(16)22-12-11-20(13-17(22)2)19-9-6-8-18(14-19)15-23-3;4*1-2/h6-15,17,24H,16,18H2,1-5H3;2-3,5-7,9-16,18H,4,8,17H2,1H3;4-14,23H,15H2,1-3H3;3*1-2H3;1-2H/b;7-3-;;;;;. The van der Waals surface area contributed by atoms with Crippen molar-refractivity contribution in [2.24, 2.45) is 0 Å². The van der Waals surface area contributed by atoms with E-state index in [2.05, 4.69) is 302 Å². The molecule has 1 aliphatic carbocycles. The van der Waals surface area contributed by atoms with Crippen molar-refractivity contribution in [1.29, 1.82) is 0 Å². The number of allylic oxidation sites excluding steroid dienone is 4. The maximum absolute atomic E-state index is 4.00. The Balaban J connectivity index is 0.000000249. The molecule has 82 heavy (non-hydrogen) atoms. The molecule has 1 unspecified atom stereocenters. The third-order valence-corrected chi connectivity index (χ3v) is 14.4. The molecule has 3 heteroatoms. The van der Waals surface area contributed by atoms with Crippen molar-refractivity contribution >= 4 is 16.9 Å². The van der Waals surface area contributed by atoms with Crippen LogP contribution in [-0.2, 0) is 18.4 Å². The van der Waals surface area contributed by atoms with Gasteiger partial charge in [0.1, 0.15) is 0 Å². The molecule has 8 aromatic rings. The molecule has 1 N–H and O–H groups in total. The molecule has 0 bridgehead atoms. The van der Waals surface area contributed by atoms with Gasteiger partial charge >= 0.3 is 0 Å². The van der Waals surface area contributed by atoms with Crippen LogP contribution in [-0.4, -0.2) is 32.6 Å². The van der Waals surface area contributed by atoms with E-state index in [1.54, 1.807) is 0 Å². The molecular weight excluding hydrogens is 991 g/mol. The topological polar surface area (TPSA) is 18.5 Å². The Morgan fingerprint density at radius 2 is 1.10 bits per heavy atom. The predicted molar refractivity (Wildman–Crippen MR) is 364 cm³/mol. The van der Waals surface area contributed by atoms with Gasteiger partial charge in [-0.3, -0.25) is 4.90 Å². The zero-order valence-electron chi connectivity index (χ0n) is 52.7. The molecule has 0 amide bonds. The number of hydrogen-bond donors (Lipinski definition) is 1. The van der Waals surface area contributed by atoms with Crippen molar-refractivity contribution in [2.45, 2.75) is 127 Å². The van der Waals surface area contributed by atoms with Gasteiger partial charge < -0.3 is 10.2 Å². The largest absolute Gasteiger partial charge is 0.337 e. The first-order chi connectivity index (χ1) is 39.9. The number of likely N-dealkylation sites (N-methyl/N-ethyl adjacent to an activating group) is 1. The van der Waals surface area contributed by atoms with Crippen LogP contribution in [0.15, 0.2) is 224 Å². The molecule has 0 aromatic heterocycles. The van der Waals surface area contributed by atoms with Crippen molar-refractivity contribution in [3.8, 4) is 46.2 Å². The minimum atomic E-state index is 0.164. The SMILES string of the molecule is C#C.CC.CC.CC.CN(C)C(C1=CC=C(c2ccccc2C(C)(C)C)CC1)c1ccccc1.CNCc1cccc(-c2ccc(-c3ccccc3C)c(C)c2)c1.Cc1ccc(-c2ccc3c(c2)N(c2ccccc2)C/C=C\CC3)cc1. The molecule has 1 aliphatic heterocycles. The van der Waals surface area contributed by atoms with Gasteiger partial charge in [-0.25, -0.2) is 0 Å². The van der Waals surface area contributed by atoms with Crippen LogP contribution in [0.1, 0.15) is 132 Å². The van der Waals surface area contributed by atoms with E-state index in [-0.39, 0.29) is 5.41 Å². The normalized spacial score (nSPS) is 13.0. The minimum absolute atomic E-state index is 0.164. The van der Waals surface area contributed by atoms with E-state index in [0.717, 1.165) is 38.8 Å². The van der Waals surface area contributed by atoms with Gasteiger partial charge in [-0.1, -0.05) is 262 Å². The van der Waals surface area contributed by atoms with Crippen LogP contribution in [0.5, 0.6) is 0 Å². The highest BCUT2D eigenvalue weighted by atomic mass is 15.1. The van der Waals surface area contributed by atoms with Crippen LogP contribution in [0, 0.1) is 33.6 Å². The highest BCUT2D eigenvalue weighted by Gasteiger charge is 2.24. The summed E-state index contributed by atoms with van der Waals surface area (Å²) in [5.41, 5.74) is 24.3. The third kappa shape index (κ3) is 18.9. The molecule has 8 aromatic carbocycles. The Kier molecular flexibility index (Phi) is 28.7. The zero-order valence-corrected chi connectivity index (χ0v) is 52.7. The van der Waals surface area contributed by atoms with Crippen molar-refractivity contribution < 1.29 is 0 Å². The van der Waals surface area contributed by atoms with Gasteiger partial charge in [0.15, 0.2) is 0 Å². The number of aryl methyl sites for hydroxylation is 4. The fraction of sp³-hybridized carbons (Fsp3) is 0.291. The molecule has 0 saturated heterocycles. The number of anilines is 2. The Labute approximate surface area is 498 Å². The fourth-order valence-corrected chi connectivity index (χ4v) is 10.5. The van der Waals surface area contributed by atoms with Gasteiger partial charge in [-0.05, 0) is 181 Å². The fourth-order valence-electron chi connectivity index (χ4n) is 10.5. The Morgan fingerprint density at radius 1 is 0.524 bits per heavy atom. The molecule has 10 rings (SSSR count). The van der Waals surface area contributed by atoms with Crippen LogP contribution >= 0.6 is 0 Å². The number of fused-ring (bicyclic) bond motifs is 1. The monoisotopic (exact) mass is 1090 g/mol. The van der Waals surface area contributed by atoms with Crippen LogP contribution in [0.3, 0.4) is 0 Å². The maximum atomic E-state index is 4.00. The maximum Gasteiger partial charge on any atom is 0.0559 e. The molecule has 2 aliphatic rings. The van der Waals surface area contributed by atoms with Gasteiger partial charge in [-0.15, -0.1) is 12.8 Å². The van der Waals surface area contributed by atoms with E-state index < -0.39 is 0 Å². The molecular formula is C79H97N3. The molecule has 428 valence electrons. The number of hydrogen-bond acceptors (Lipinski definition) is 3. The lowest BCUT2D eigenvalue weighted by Crippen LogP contribution is -2.22. The second-order valence-electron chi connectivity index (χ2n) is 21.2. The smallest absolute Gasteiger partial charge is 0.0559 e. The lowest BCUT2D eigenvalue weighted by molar-refractivity contribution is 0.331. The Hall–Kier alpha value is -7.74. The molecule has 1 atom stereocenters. The zero-order chi connectivity index (χ0) is 60.0. The number of rotatable bonds is 10. The van der Waals surface area contributed by atoms with Gasteiger partial charge in [0.05, 0.1) is 6.04 Å². The predicted octanol–water partition coefficient (Wildman–Crippen LogP) is 21.4. The van der Waals surface area contributed by atoms with E-state index >= 15 is 0 Å². The summed E-state index contributed by atoms with van der Waals surface area (Å²) in [5.74, 6) is 0. The lowest BCUT2D eigenvalue weighted by atomic mass is 9.79. The van der Waals surface area contributed by atoms with Crippen LogP contribution in [0.4, 0.5) is 11.4 Å². The van der Waals surface area contributed by atoms with E-state index in [4.69, 9.17) is 0 Å². The molecule has 0 spiro atoms. The average Bonchev–Trinajstić information content (AvgIpc) is 3.66. The quantitative estimate of drug-likeness (QED) is 0.109. The second-order valence-corrected chi connectivity index (χ2v) is 21.2. The molecule has 1 heterocycles. The summed E-state index contributed by atoms with van der Waals surface area (Å²) in [5, 5.41) is 3.21. The molecule has 0 saturated carbocycles. The highest BCUT2D eigenvalue weighted by Crippen LogP contribution is 2.39. The van der Waals surface area contributed by atoms with Crippen molar-refractivity contribution in [3.63, 3.8) is 0 Å². The van der Waals surface area contributed by atoms with Crippen LogP contribution < -0.4 is 10.2 Å². The summed E-state index contributed by atoms with van der Waals surface area (Å²) >= 11 is 0. The Morgan fingerprint density at radius 3 is 1.71 bits per heavy atom. The van der Waals surface area contributed by atoms with E-state index in [9.17, 15) is 0 Å². The van der Waals surface area contributed by atoms with Crippen molar-refractivity contribution in [3.05, 3.63) is 269 Å². The first-order valence-corrected chi connectivity index (χ1v) is 30.0. The van der Waals surface area contributed by atoms with Crippen molar-refractivity contribution in [2.75, 3.05) is 32.6 Å². The van der Waals surface area contributed by atoms with E-state index in [1.807, 2.05) is 48.6 Å². The molecule has 3 nitrogen and oxygen atoms in total. The summed E-state index contributed by atoms with van der Waals surface area (Å²) in [6.07, 6.45) is 21.7. The summed E-state index contributed by atoms with van der Waals surface area (Å²) in [6, 6.07) is 70.6. The number of benzene rings is 8. The second kappa shape index (κ2) is 35.2. The lowest BCUT2D eigenvalue weighted by Gasteiger charge is -2.30. The van der Waals surface area contributed by atoms with E-state index in [1.165, 1.54) is 100 Å². The summed E-state index contributed by atoms with van der Waals surface area (Å²) in [4.78, 5) is 4.74. The molecule has 0 radical (unpaired) electrons. The van der Waals surface area contributed by atoms with Gasteiger partial charge in [0.25, 0.3) is 0 Å². The first kappa shape index (κ1) is 66.8. The van der Waals surface area contributed by atoms with Crippen molar-refractivity contribution in [1.82, 2.24) is 10.2 Å². The molecule has 0 fully saturated rings. The van der Waals surface area contributed by atoms with E-state index in [0.29, 0.717) is 6.04 Å². The van der Waals surface area contributed by atoms with Crippen LogP contribution in [0.25, 0.3) is 39.0 Å². The Bertz CT molecular complexity index is 3240. The number of nitrogens with one attached hydrogen (secondary N) is 1. The third-order valence-electron chi connectivity index (χ3n) is 14.4. The summed E-state index contributed by atoms with van der Waals surface area (Å²) in [7, 11) is 6.33. The van der Waals surface area contributed by atoms with Gasteiger partial charge in [0.2, 0.25) is 0 Å². The summed E-state index contributed by atoms with van der Waals surface area (Å²) < 4.78 is 0. The minimum Gasteiger partial charge on any atom is -0.337 e. The first-order valence-electron chi connectivity index (χ1n) is 30.0. The average molecular weight is 1090 g/mol. The van der Waals surface area contributed by atoms with Gasteiger partial charge in [0, 0.05) is 24.5 Å². The van der Waals surface area contributed by atoms with Crippen LogP contribution in [0.2, 0.25) is 0 Å². The van der Waals surface area contributed by atoms with Gasteiger partial charge in [-0.2, -0.15) is 0 Å². The number of terminal acetylenes is 1. The highest BCUT2D eigenvalue weighted by molar-refractivity contribution is 5.77. The number of para-hydroxylation sites is 1. The summed E-state index contributed by atoms with van der Waals surface area (Å²) in [6.45, 7) is 27.2. The number of nitrogens with zero attached hydrogens (tertiary/aromatic N) is 2.